The van der Waals surface area contributed by atoms with Crippen molar-refractivity contribution in [3.63, 3.8) is 0 Å². The van der Waals surface area contributed by atoms with Crippen LogP contribution in [0.3, 0.4) is 0 Å². The van der Waals surface area contributed by atoms with Crippen LogP contribution in [0.5, 0.6) is 5.75 Å². The number of para-hydroxylation sites is 2. The summed E-state index contributed by atoms with van der Waals surface area (Å²) in [6.45, 7) is 2.25. The van der Waals surface area contributed by atoms with Crippen LogP contribution in [0.15, 0.2) is 53.3 Å². The van der Waals surface area contributed by atoms with Gasteiger partial charge in [-0.15, -0.1) is 0 Å². The zero-order chi connectivity index (χ0) is 20.1. The van der Waals surface area contributed by atoms with Crippen LogP contribution < -0.4 is 15.2 Å². The molecular weight excluding hydrogens is 368 g/mol. The Labute approximate surface area is 168 Å². The number of hydrogen-bond acceptors (Lipinski definition) is 5. The Morgan fingerprint density at radius 3 is 2.76 bits per heavy atom. The van der Waals surface area contributed by atoms with Crippen molar-refractivity contribution in [3.05, 3.63) is 70.0 Å². The number of fused-ring (bicyclic) bond motifs is 8. The van der Waals surface area contributed by atoms with Crippen molar-refractivity contribution in [1.82, 2.24) is 4.57 Å². The third kappa shape index (κ3) is 2.63. The number of esters is 1. The summed E-state index contributed by atoms with van der Waals surface area (Å²) in [7, 11) is 1.80. The molecular formula is C23H22N2O4. The smallest absolute Gasteiger partial charge is 0.325 e. The topological polar surface area (TPSA) is 60.8 Å². The van der Waals surface area contributed by atoms with Crippen LogP contribution in [-0.4, -0.2) is 29.9 Å². The number of aryl methyl sites for hydroxylation is 1. The first-order valence-electron chi connectivity index (χ1n) is 9.89. The van der Waals surface area contributed by atoms with Crippen molar-refractivity contribution in [3.8, 4) is 5.75 Å². The van der Waals surface area contributed by atoms with Crippen molar-refractivity contribution in [1.29, 1.82) is 0 Å². The minimum atomic E-state index is -0.331. The second-order valence-electron chi connectivity index (χ2n) is 7.48. The van der Waals surface area contributed by atoms with Crippen LogP contribution in [0.1, 0.15) is 30.4 Å². The molecule has 2 aromatic carbocycles. The van der Waals surface area contributed by atoms with E-state index in [1.54, 1.807) is 18.5 Å². The van der Waals surface area contributed by atoms with Crippen LogP contribution in [0.25, 0.3) is 10.9 Å². The van der Waals surface area contributed by atoms with E-state index in [4.69, 9.17) is 9.47 Å². The molecule has 2 bridgehead atoms. The first-order chi connectivity index (χ1) is 14.1. The molecule has 148 valence electrons. The third-order valence-corrected chi connectivity index (χ3v) is 5.90. The lowest BCUT2D eigenvalue weighted by molar-refractivity contribution is -0.141. The molecule has 0 radical (unpaired) electrons. The molecule has 5 rings (SSSR count). The Morgan fingerprint density at radius 2 is 1.93 bits per heavy atom. The van der Waals surface area contributed by atoms with Gasteiger partial charge in [-0.2, -0.15) is 0 Å². The molecule has 3 aromatic rings. The molecule has 2 aliphatic heterocycles. The van der Waals surface area contributed by atoms with Crippen molar-refractivity contribution >= 4 is 22.6 Å². The second kappa shape index (κ2) is 6.65. The minimum absolute atomic E-state index is 0.0317. The van der Waals surface area contributed by atoms with Gasteiger partial charge >= 0.3 is 5.97 Å². The molecule has 0 saturated heterocycles. The fraction of sp³-hybridized carbons (Fsp3) is 0.304. The molecule has 3 heterocycles. The number of hydrogen-bond donors (Lipinski definition) is 0. The molecule has 0 N–H and O–H groups in total. The van der Waals surface area contributed by atoms with E-state index >= 15 is 0 Å². The van der Waals surface area contributed by atoms with Crippen LogP contribution in [0.2, 0.25) is 0 Å². The highest BCUT2D eigenvalue weighted by Crippen LogP contribution is 2.49. The second-order valence-corrected chi connectivity index (χ2v) is 7.48. The molecule has 0 saturated carbocycles. The van der Waals surface area contributed by atoms with Crippen LogP contribution in [0, 0.1) is 0 Å². The number of pyridine rings is 1. The van der Waals surface area contributed by atoms with Gasteiger partial charge in [-0.3, -0.25) is 9.59 Å². The van der Waals surface area contributed by atoms with E-state index in [-0.39, 0.29) is 30.2 Å². The predicted octanol–water partition coefficient (Wildman–Crippen LogP) is 3.16. The monoisotopic (exact) mass is 390 g/mol. The van der Waals surface area contributed by atoms with Gasteiger partial charge in [0.05, 0.1) is 17.7 Å². The summed E-state index contributed by atoms with van der Waals surface area (Å²) in [6, 6.07) is 15.7. The molecule has 0 unspecified atom stereocenters. The number of carbonyl (C=O) groups is 1. The molecule has 0 aliphatic carbocycles. The van der Waals surface area contributed by atoms with Gasteiger partial charge in [0.1, 0.15) is 12.3 Å². The highest BCUT2D eigenvalue weighted by Gasteiger charge is 2.42. The zero-order valence-electron chi connectivity index (χ0n) is 16.4. The Kier molecular flexibility index (Phi) is 4.08. The maximum atomic E-state index is 13.3. The molecule has 2 atom stereocenters. The maximum absolute atomic E-state index is 13.3. The average molecular weight is 390 g/mol. The minimum Gasteiger partial charge on any atom is -0.469 e. The van der Waals surface area contributed by atoms with E-state index in [1.807, 2.05) is 53.4 Å². The first-order valence-corrected chi connectivity index (χ1v) is 9.89. The van der Waals surface area contributed by atoms with Gasteiger partial charge < -0.3 is 18.9 Å². The number of benzene rings is 2. The molecule has 6 nitrogen and oxygen atoms in total. The van der Waals surface area contributed by atoms with Gasteiger partial charge in [0.25, 0.3) is 5.56 Å². The molecule has 29 heavy (non-hydrogen) atoms. The highest BCUT2D eigenvalue weighted by molar-refractivity contribution is 5.88. The summed E-state index contributed by atoms with van der Waals surface area (Å²) < 4.78 is 13.3. The Morgan fingerprint density at radius 1 is 1.17 bits per heavy atom. The van der Waals surface area contributed by atoms with Crippen molar-refractivity contribution < 1.29 is 14.3 Å². The Balaban J connectivity index is 1.72. The number of anilines is 1. The van der Waals surface area contributed by atoms with Gasteiger partial charge in [0, 0.05) is 30.5 Å². The average Bonchev–Trinajstić information content (AvgIpc) is 2.75. The highest BCUT2D eigenvalue weighted by atomic mass is 16.5. The number of carbonyl (C=O) groups excluding carboxylic acids is 1. The lowest BCUT2D eigenvalue weighted by Crippen LogP contribution is -2.50. The molecule has 1 aromatic heterocycles. The number of nitrogens with zero attached hydrogens (tertiary/aromatic N) is 2. The lowest BCUT2D eigenvalue weighted by atomic mass is 9.81. The van der Waals surface area contributed by atoms with E-state index in [1.165, 1.54) is 0 Å². The van der Waals surface area contributed by atoms with E-state index in [2.05, 4.69) is 0 Å². The Bertz CT molecular complexity index is 1180. The fourth-order valence-corrected chi connectivity index (χ4v) is 4.63. The summed E-state index contributed by atoms with van der Waals surface area (Å²) in [4.78, 5) is 27.5. The van der Waals surface area contributed by atoms with Gasteiger partial charge in [0.15, 0.2) is 6.23 Å². The molecule has 2 aliphatic rings. The predicted molar refractivity (Wildman–Crippen MR) is 110 cm³/mol. The van der Waals surface area contributed by atoms with Gasteiger partial charge in [-0.25, -0.2) is 0 Å². The summed E-state index contributed by atoms with van der Waals surface area (Å²) in [5.74, 6) is 0.277. The van der Waals surface area contributed by atoms with E-state index < -0.39 is 0 Å². The third-order valence-electron chi connectivity index (χ3n) is 5.90. The Hall–Kier alpha value is -3.28. The van der Waals surface area contributed by atoms with Gasteiger partial charge in [-0.1, -0.05) is 30.3 Å². The first kappa shape index (κ1) is 17.8. The number of ether oxygens (including phenoxy) is 2. The number of aromatic nitrogens is 1. The van der Waals surface area contributed by atoms with Crippen molar-refractivity contribution in [2.45, 2.75) is 25.5 Å². The summed E-state index contributed by atoms with van der Waals surface area (Å²) in [5.41, 5.74) is 3.47. The normalized spacial score (nSPS) is 19.3. The van der Waals surface area contributed by atoms with Gasteiger partial charge in [0.2, 0.25) is 0 Å². The van der Waals surface area contributed by atoms with Crippen molar-refractivity contribution in [2.24, 2.45) is 7.05 Å². The number of rotatable bonds is 3. The van der Waals surface area contributed by atoms with Crippen LogP contribution >= 0.6 is 0 Å². The van der Waals surface area contributed by atoms with E-state index in [9.17, 15) is 9.59 Å². The maximum Gasteiger partial charge on any atom is 0.325 e. The van der Waals surface area contributed by atoms with E-state index in [0.717, 1.165) is 22.2 Å². The summed E-state index contributed by atoms with van der Waals surface area (Å²) in [6.07, 6.45) is 0.291. The zero-order valence-corrected chi connectivity index (χ0v) is 16.4. The lowest BCUT2D eigenvalue weighted by Gasteiger charge is -2.45. The van der Waals surface area contributed by atoms with Crippen LogP contribution in [-0.2, 0) is 16.6 Å². The van der Waals surface area contributed by atoms with Crippen molar-refractivity contribution in [2.75, 3.05) is 18.1 Å². The standard InChI is InChI=1S/C23H22N2O4/c1-3-28-20(26)13-25-18-11-7-4-8-14(18)16-12-19(25)29-22-15-9-5-6-10-17(15)24(2)23(27)21(16)22/h4-11,16,19H,3,12-13H2,1-2H3/t16-,19+/m0/s1. The van der Waals surface area contributed by atoms with Crippen LogP contribution in [0.4, 0.5) is 5.69 Å². The van der Waals surface area contributed by atoms with Gasteiger partial charge in [-0.05, 0) is 30.7 Å². The summed E-state index contributed by atoms with van der Waals surface area (Å²) >= 11 is 0. The fourth-order valence-electron chi connectivity index (χ4n) is 4.63. The van der Waals surface area contributed by atoms with E-state index in [0.29, 0.717) is 24.3 Å². The molecule has 0 amide bonds. The molecule has 6 heteroatoms. The molecule has 0 fully saturated rings. The summed E-state index contributed by atoms with van der Waals surface area (Å²) in [5, 5.41) is 0.912. The SMILES string of the molecule is CCOC(=O)CN1c2ccccc2[C@@H]2C[C@H]1Oc1c2c(=O)n(C)c2ccccc12. The molecule has 0 spiro atoms. The largest absolute Gasteiger partial charge is 0.469 e. The quantitative estimate of drug-likeness (QED) is 0.643.